The van der Waals surface area contributed by atoms with Gasteiger partial charge in [0.05, 0.1) is 19.3 Å². The van der Waals surface area contributed by atoms with Gasteiger partial charge in [-0.15, -0.1) is 0 Å². The second kappa shape index (κ2) is 13.4. The van der Waals surface area contributed by atoms with E-state index in [1.54, 1.807) is 13.0 Å². The molecule has 11 nitrogen and oxygen atoms in total. The van der Waals surface area contributed by atoms with E-state index in [9.17, 15) is 19.2 Å². The Morgan fingerprint density at radius 3 is 2.29 bits per heavy atom. The van der Waals surface area contributed by atoms with E-state index in [0.717, 1.165) is 24.8 Å². The first kappa shape index (κ1) is 30.4. The van der Waals surface area contributed by atoms with Crippen molar-refractivity contribution in [1.29, 1.82) is 0 Å². The molecule has 1 aliphatic carbocycles. The van der Waals surface area contributed by atoms with Crippen molar-refractivity contribution in [2.45, 2.75) is 76.6 Å². The number of hydrogen-bond donors (Lipinski definition) is 3. The van der Waals surface area contributed by atoms with Crippen molar-refractivity contribution in [1.82, 2.24) is 21.1 Å². The van der Waals surface area contributed by atoms with Gasteiger partial charge in [0.1, 0.15) is 23.4 Å². The van der Waals surface area contributed by atoms with Crippen LogP contribution in [-0.4, -0.2) is 72.7 Å². The minimum atomic E-state index is -1.10. The van der Waals surface area contributed by atoms with E-state index >= 15 is 0 Å². The molecule has 1 aromatic heterocycles. The zero-order valence-corrected chi connectivity index (χ0v) is 24.1. The largest absolute Gasteiger partial charge is 0.382 e. The topological polar surface area (TPSA) is 152 Å². The molecule has 2 fully saturated rings. The van der Waals surface area contributed by atoms with Crippen molar-refractivity contribution in [3.8, 4) is 0 Å². The van der Waals surface area contributed by atoms with Gasteiger partial charge < -0.3 is 29.9 Å². The SMILES string of the molecule is COCC(NC(=O)c1cc(CC2CC2)on1)C(=O)NC(Cc1ccccc1)C(=O)NC(CC(C)C)C(=O)C1(C)CO1. The number of amides is 3. The fraction of sp³-hybridized carbons (Fsp3) is 0.567. The van der Waals surface area contributed by atoms with Gasteiger partial charge in [0.15, 0.2) is 11.5 Å². The predicted molar refractivity (Wildman–Crippen MR) is 149 cm³/mol. The number of benzene rings is 1. The van der Waals surface area contributed by atoms with Gasteiger partial charge in [-0.2, -0.15) is 0 Å². The molecule has 4 rings (SSSR count). The van der Waals surface area contributed by atoms with Crippen molar-refractivity contribution in [2.24, 2.45) is 11.8 Å². The fourth-order valence-electron chi connectivity index (χ4n) is 4.63. The molecular weight excluding hydrogens is 528 g/mol. The molecule has 3 amide bonds. The summed E-state index contributed by atoms with van der Waals surface area (Å²) in [6.07, 6.45) is 3.60. The Balaban J connectivity index is 1.46. The Bertz CT molecular complexity index is 1220. The maximum atomic E-state index is 13.6. The van der Waals surface area contributed by atoms with Gasteiger partial charge in [0.25, 0.3) is 5.91 Å². The number of epoxide rings is 1. The van der Waals surface area contributed by atoms with Crippen LogP contribution in [0.25, 0.3) is 0 Å². The monoisotopic (exact) mass is 568 g/mol. The number of nitrogens with zero attached hydrogens (tertiary/aromatic N) is 1. The third kappa shape index (κ3) is 8.71. The first-order valence-electron chi connectivity index (χ1n) is 14.2. The summed E-state index contributed by atoms with van der Waals surface area (Å²) >= 11 is 0. The standard InChI is InChI=1S/C30H40N4O7/c1-18(2)12-22(26(35)30(3)17-40-30)31-27(36)23(14-19-8-6-5-7-9-19)32-29(38)25(16-39-4)33-28(37)24-15-21(41-34-24)13-20-10-11-20/h5-9,15,18,20,22-23,25H,10-14,16-17H2,1-4H3,(H,31,36)(H,32,38)(H,33,37). The summed E-state index contributed by atoms with van der Waals surface area (Å²) in [6.45, 7) is 5.82. The number of rotatable bonds is 16. The normalized spacial score (nSPS) is 20.1. The molecule has 1 saturated heterocycles. The molecule has 11 heteroatoms. The number of hydrogen-bond acceptors (Lipinski definition) is 8. The molecule has 4 unspecified atom stereocenters. The minimum absolute atomic E-state index is 0.0685. The Hall–Kier alpha value is -3.57. The molecular formula is C30H40N4O7. The van der Waals surface area contributed by atoms with Gasteiger partial charge in [0.2, 0.25) is 11.8 Å². The molecule has 41 heavy (non-hydrogen) atoms. The predicted octanol–water partition coefficient (Wildman–Crippen LogP) is 1.99. The molecule has 2 heterocycles. The van der Waals surface area contributed by atoms with Crippen molar-refractivity contribution < 1.29 is 33.2 Å². The molecule has 4 atom stereocenters. The fourth-order valence-corrected chi connectivity index (χ4v) is 4.63. The molecule has 0 bridgehead atoms. The van der Waals surface area contributed by atoms with E-state index < -0.39 is 41.4 Å². The number of ketones is 1. The summed E-state index contributed by atoms with van der Waals surface area (Å²) in [5.74, 6) is -0.567. The number of carbonyl (C=O) groups excluding carboxylic acids is 4. The molecule has 0 radical (unpaired) electrons. The molecule has 3 N–H and O–H groups in total. The zero-order valence-electron chi connectivity index (χ0n) is 24.1. The lowest BCUT2D eigenvalue weighted by Crippen LogP contribution is -2.58. The quantitative estimate of drug-likeness (QED) is 0.260. The van der Waals surface area contributed by atoms with Crippen LogP contribution in [0.4, 0.5) is 0 Å². The van der Waals surface area contributed by atoms with Crippen LogP contribution < -0.4 is 16.0 Å². The number of carbonyl (C=O) groups is 4. The van der Waals surface area contributed by atoms with Gasteiger partial charge in [-0.3, -0.25) is 19.2 Å². The lowest BCUT2D eigenvalue weighted by atomic mass is 9.93. The van der Waals surface area contributed by atoms with Crippen molar-refractivity contribution in [2.75, 3.05) is 20.3 Å². The lowest BCUT2D eigenvalue weighted by Gasteiger charge is -2.26. The molecule has 1 aliphatic heterocycles. The zero-order chi connectivity index (χ0) is 29.6. The maximum absolute atomic E-state index is 13.6. The van der Waals surface area contributed by atoms with Crippen LogP contribution in [0.15, 0.2) is 40.9 Å². The number of Topliss-reactive ketones (excluding diaryl/α,β-unsaturated/α-hetero) is 1. The maximum Gasteiger partial charge on any atom is 0.274 e. The lowest BCUT2D eigenvalue weighted by molar-refractivity contribution is -0.133. The van der Waals surface area contributed by atoms with Crippen LogP contribution >= 0.6 is 0 Å². The first-order valence-corrected chi connectivity index (χ1v) is 14.2. The number of nitrogens with one attached hydrogen (secondary N) is 3. The summed E-state index contributed by atoms with van der Waals surface area (Å²) < 4.78 is 15.8. The van der Waals surface area contributed by atoms with Crippen LogP contribution in [0.5, 0.6) is 0 Å². The number of ether oxygens (including phenoxy) is 2. The van der Waals surface area contributed by atoms with E-state index in [4.69, 9.17) is 14.0 Å². The van der Waals surface area contributed by atoms with Gasteiger partial charge >= 0.3 is 0 Å². The van der Waals surface area contributed by atoms with E-state index in [-0.39, 0.29) is 30.4 Å². The van der Waals surface area contributed by atoms with E-state index in [0.29, 0.717) is 24.7 Å². The Morgan fingerprint density at radius 2 is 1.68 bits per heavy atom. The number of aromatic nitrogens is 1. The van der Waals surface area contributed by atoms with Crippen molar-refractivity contribution in [3.63, 3.8) is 0 Å². The van der Waals surface area contributed by atoms with E-state index in [1.165, 1.54) is 7.11 Å². The van der Waals surface area contributed by atoms with Gasteiger partial charge in [-0.1, -0.05) is 49.3 Å². The van der Waals surface area contributed by atoms with Crippen LogP contribution in [0.3, 0.4) is 0 Å². The van der Waals surface area contributed by atoms with Crippen LogP contribution in [-0.2, 0) is 36.7 Å². The highest BCUT2D eigenvalue weighted by Crippen LogP contribution is 2.32. The van der Waals surface area contributed by atoms with Gasteiger partial charge in [-0.25, -0.2) is 0 Å². The highest BCUT2D eigenvalue weighted by molar-refractivity contribution is 5.99. The van der Waals surface area contributed by atoms with Crippen molar-refractivity contribution in [3.05, 3.63) is 53.4 Å². The Kier molecular flexibility index (Phi) is 9.93. The molecule has 2 aromatic rings. The average Bonchev–Trinajstić information content (AvgIpc) is 3.85. The highest BCUT2D eigenvalue weighted by Gasteiger charge is 2.50. The summed E-state index contributed by atoms with van der Waals surface area (Å²) in [5.41, 5.74) is -0.0207. The van der Waals surface area contributed by atoms with Crippen LogP contribution in [0.2, 0.25) is 0 Å². The number of methoxy groups -OCH3 is 1. The van der Waals surface area contributed by atoms with Gasteiger partial charge in [0, 0.05) is 26.0 Å². The molecule has 0 spiro atoms. The molecule has 1 saturated carbocycles. The van der Waals surface area contributed by atoms with Crippen LogP contribution in [0, 0.1) is 11.8 Å². The third-order valence-electron chi connectivity index (χ3n) is 7.29. The summed E-state index contributed by atoms with van der Waals surface area (Å²) in [6, 6.07) is 7.92. The highest BCUT2D eigenvalue weighted by atomic mass is 16.6. The Labute approximate surface area is 240 Å². The minimum Gasteiger partial charge on any atom is -0.382 e. The first-order chi connectivity index (χ1) is 19.6. The summed E-state index contributed by atoms with van der Waals surface area (Å²) in [7, 11) is 1.41. The summed E-state index contributed by atoms with van der Waals surface area (Å²) in [4.78, 5) is 53.0. The second-order valence-electron chi connectivity index (χ2n) is 11.6. The van der Waals surface area contributed by atoms with E-state index in [2.05, 4.69) is 21.1 Å². The summed E-state index contributed by atoms with van der Waals surface area (Å²) in [5, 5.41) is 12.1. The smallest absolute Gasteiger partial charge is 0.274 e. The van der Waals surface area contributed by atoms with Gasteiger partial charge in [-0.05, 0) is 43.6 Å². The molecule has 1 aromatic carbocycles. The third-order valence-corrected chi connectivity index (χ3v) is 7.29. The second-order valence-corrected chi connectivity index (χ2v) is 11.6. The van der Waals surface area contributed by atoms with E-state index in [1.807, 2.05) is 44.2 Å². The van der Waals surface area contributed by atoms with Crippen molar-refractivity contribution >= 4 is 23.5 Å². The molecule has 2 aliphatic rings. The Morgan fingerprint density at radius 1 is 1.02 bits per heavy atom. The van der Waals surface area contributed by atoms with Crippen LogP contribution in [0.1, 0.15) is 61.8 Å². The average molecular weight is 569 g/mol. The molecule has 222 valence electrons.